The lowest BCUT2D eigenvalue weighted by molar-refractivity contribution is -0.146. The van der Waals surface area contributed by atoms with Gasteiger partial charge in [0.2, 0.25) is 0 Å². The molecule has 1 aromatic carbocycles. The van der Waals surface area contributed by atoms with E-state index < -0.39 is 0 Å². The van der Waals surface area contributed by atoms with Gasteiger partial charge in [0, 0.05) is 4.32 Å². The lowest BCUT2D eigenvalue weighted by Crippen LogP contribution is -2.24. The van der Waals surface area contributed by atoms with Crippen LogP contribution < -0.4 is 0 Å². The SMILES string of the molecule is CCC(CC(C)(Br)c1ccccc1)C(=O)OC. The summed E-state index contributed by atoms with van der Waals surface area (Å²) in [5, 5.41) is 0. The van der Waals surface area contributed by atoms with Gasteiger partial charge in [-0.2, -0.15) is 0 Å². The molecule has 0 fully saturated rings. The van der Waals surface area contributed by atoms with Crippen molar-refractivity contribution in [3.8, 4) is 0 Å². The van der Waals surface area contributed by atoms with Crippen LogP contribution in [0, 0.1) is 5.92 Å². The molecule has 1 rings (SSSR count). The van der Waals surface area contributed by atoms with Gasteiger partial charge in [0.15, 0.2) is 0 Å². The summed E-state index contributed by atoms with van der Waals surface area (Å²) < 4.78 is 4.63. The highest BCUT2D eigenvalue weighted by atomic mass is 79.9. The first-order valence-electron chi connectivity index (χ1n) is 5.83. The molecule has 0 aliphatic carbocycles. The molecule has 3 heteroatoms. The maximum absolute atomic E-state index is 11.6. The second-order valence-corrected chi connectivity index (χ2v) is 6.15. The number of hydrogen-bond acceptors (Lipinski definition) is 2. The van der Waals surface area contributed by atoms with Crippen molar-refractivity contribution in [2.45, 2.75) is 31.0 Å². The van der Waals surface area contributed by atoms with Crippen LogP contribution in [-0.4, -0.2) is 13.1 Å². The number of hydrogen-bond donors (Lipinski definition) is 0. The molecular formula is C14H19BrO2. The predicted molar refractivity (Wildman–Crippen MR) is 73.1 cm³/mol. The summed E-state index contributed by atoms with van der Waals surface area (Å²) in [6.45, 7) is 4.10. The first-order valence-corrected chi connectivity index (χ1v) is 6.62. The molecule has 0 spiro atoms. The zero-order valence-corrected chi connectivity index (χ0v) is 12.2. The van der Waals surface area contributed by atoms with Gasteiger partial charge in [0.25, 0.3) is 0 Å². The van der Waals surface area contributed by atoms with Gasteiger partial charge in [-0.1, -0.05) is 53.2 Å². The van der Waals surface area contributed by atoms with Crippen LogP contribution in [-0.2, 0) is 13.9 Å². The second kappa shape index (κ2) is 6.20. The molecule has 0 heterocycles. The minimum Gasteiger partial charge on any atom is -0.469 e. The molecule has 1 aromatic rings. The van der Waals surface area contributed by atoms with Gasteiger partial charge in [0.1, 0.15) is 0 Å². The van der Waals surface area contributed by atoms with Crippen molar-refractivity contribution >= 4 is 21.9 Å². The smallest absolute Gasteiger partial charge is 0.308 e. The molecule has 0 saturated carbocycles. The lowest BCUT2D eigenvalue weighted by Gasteiger charge is -2.26. The summed E-state index contributed by atoms with van der Waals surface area (Å²) in [6.07, 6.45) is 1.53. The van der Waals surface area contributed by atoms with Crippen LogP contribution >= 0.6 is 15.9 Å². The number of halogens is 1. The largest absolute Gasteiger partial charge is 0.469 e. The standard InChI is InChI=1S/C14H19BrO2/c1-4-11(13(16)17-3)10-14(2,15)12-8-6-5-7-9-12/h5-9,11H,4,10H2,1-3H3. The summed E-state index contributed by atoms with van der Waals surface area (Å²) in [5.41, 5.74) is 1.18. The second-order valence-electron chi connectivity index (χ2n) is 4.40. The van der Waals surface area contributed by atoms with Crippen LogP contribution in [0.5, 0.6) is 0 Å². The van der Waals surface area contributed by atoms with Crippen LogP contribution in [0.15, 0.2) is 30.3 Å². The fourth-order valence-corrected chi connectivity index (χ4v) is 2.58. The molecule has 0 amide bonds. The van der Waals surface area contributed by atoms with Gasteiger partial charge >= 0.3 is 5.97 Å². The summed E-state index contributed by atoms with van der Waals surface area (Å²) in [4.78, 5) is 11.6. The van der Waals surface area contributed by atoms with Crippen molar-refractivity contribution in [2.75, 3.05) is 7.11 Å². The highest BCUT2D eigenvalue weighted by molar-refractivity contribution is 9.09. The molecule has 2 nitrogen and oxygen atoms in total. The quantitative estimate of drug-likeness (QED) is 0.609. The number of rotatable bonds is 5. The van der Waals surface area contributed by atoms with Gasteiger partial charge < -0.3 is 4.74 Å². The van der Waals surface area contributed by atoms with Crippen molar-refractivity contribution < 1.29 is 9.53 Å². The average Bonchev–Trinajstić information content (AvgIpc) is 2.36. The Kier molecular flexibility index (Phi) is 5.19. The zero-order valence-electron chi connectivity index (χ0n) is 10.6. The maximum Gasteiger partial charge on any atom is 0.308 e. The van der Waals surface area contributed by atoms with Crippen LogP contribution in [0.2, 0.25) is 0 Å². The molecule has 0 aliphatic heterocycles. The highest BCUT2D eigenvalue weighted by Crippen LogP contribution is 2.38. The summed E-state index contributed by atoms with van der Waals surface area (Å²) >= 11 is 3.72. The van der Waals surface area contributed by atoms with E-state index in [1.165, 1.54) is 12.7 Å². The summed E-state index contributed by atoms with van der Waals surface area (Å²) in [7, 11) is 1.44. The predicted octanol–water partition coefficient (Wildman–Crippen LogP) is 3.89. The molecule has 0 aliphatic rings. The lowest BCUT2D eigenvalue weighted by atomic mass is 9.88. The van der Waals surface area contributed by atoms with E-state index in [1.807, 2.05) is 25.1 Å². The number of ether oxygens (including phenoxy) is 1. The Morgan fingerprint density at radius 2 is 2.00 bits per heavy atom. The van der Waals surface area contributed by atoms with Gasteiger partial charge in [-0.3, -0.25) is 4.79 Å². The number of carbonyl (C=O) groups is 1. The Morgan fingerprint density at radius 3 is 2.47 bits per heavy atom. The van der Waals surface area contributed by atoms with Gasteiger partial charge in [-0.15, -0.1) is 0 Å². The van der Waals surface area contributed by atoms with E-state index in [9.17, 15) is 4.79 Å². The topological polar surface area (TPSA) is 26.3 Å². The normalized spacial score (nSPS) is 16.0. The number of methoxy groups -OCH3 is 1. The first kappa shape index (κ1) is 14.2. The van der Waals surface area contributed by atoms with Gasteiger partial charge in [-0.05, 0) is 25.3 Å². The van der Waals surface area contributed by atoms with Crippen LogP contribution in [0.25, 0.3) is 0 Å². The minimum atomic E-state index is -0.191. The van der Waals surface area contributed by atoms with Crippen molar-refractivity contribution in [2.24, 2.45) is 5.92 Å². The first-order chi connectivity index (χ1) is 8.01. The van der Waals surface area contributed by atoms with E-state index in [4.69, 9.17) is 4.74 Å². The molecule has 0 bridgehead atoms. The Balaban J connectivity index is 2.81. The monoisotopic (exact) mass is 298 g/mol. The van der Waals surface area contributed by atoms with E-state index in [0.717, 1.165) is 12.8 Å². The summed E-state index contributed by atoms with van der Waals surface area (Å²) in [5.74, 6) is -0.196. The molecule has 2 atom stereocenters. The van der Waals surface area contributed by atoms with Gasteiger partial charge in [-0.25, -0.2) is 0 Å². The van der Waals surface area contributed by atoms with E-state index in [2.05, 4.69) is 35.0 Å². The third-order valence-corrected chi connectivity index (χ3v) is 3.81. The van der Waals surface area contributed by atoms with E-state index in [-0.39, 0.29) is 16.2 Å². The fourth-order valence-electron chi connectivity index (χ4n) is 1.93. The summed E-state index contributed by atoms with van der Waals surface area (Å²) in [6, 6.07) is 10.1. The zero-order chi connectivity index (χ0) is 12.9. The highest BCUT2D eigenvalue weighted by Gasteiger charge is 2.30. The maximum atomic E-state index is 11.6. The van der Waals surface area contributed by atoms with Crippen molar-refractivity contribution in [1.29, 1.82) is 0 Å². The molecule has 0 aromatic heterocycles. The number of benzene rings is 1. The molecule has 0 saturated heterocycles. The van der Waals surface area contributed by atoms with Crippen molar-refractivity contribution in [3.63, 3.8) is 0 Å². The molecule has 94 valence electrons. The van der Waals surface area contributed by atoms with Gasteiger partial charge in [0.05, 0.1) is 13.0 Å². The number of alkyl halides is 1. The third-order valence-electron chi connectivity index (χ3n) is 3.03. The molecule has 17 heavy (non-hydrogen) atoms. The average molecular weight is 299 g/mol. The van der Waals surface area contributed by atoms with E-state index in [0.29, 0.717) is 0 Å². The van der Waals surface area contributed by atoms with Crippen LogP contribution in [0.4, 0.5) is 0 Å². The van der Waals surface area contributed by atoms with Crippen molar-refractivity contribution in [1.82, 2.24) is 0 Å². The van der Waals surface area contributed by atoms with Crippen LogP contribution in [0.1, 0.15) is 32.3 Å². The third kappa shape index (κ3) is 3.84. The molecular weight excluding hydrogens is 280 g/mol. The Bertz CT molecular complexity index is 360. The van der Waals surface area contributed by atoms with Crippen LogP contribution in [0.3, 0.4) is 0 Å². The molecule has 0 N–H and O–H groups in total. The Morgan fingerprint density at radius 1 is 1.41 bits per heavy atom. The fraction of sp³-hybridized carbons (Fsp3) is 0.500. The van der Waals surface area contributed by atoms with E-state index >= 15 is 0 Å². The number of esters is 1. The molecule has 2 unspecified atom stereocenters. The molecule has 0 radical (unpaired) electrons. The minimum absolute atomic E-state index is 0.0652. The number of carbonyl (C=O) groups excluding carboxylic acids is 1. The van der Waals surface area contributed by atoms with E-state index in [1.54, 1.807) is 0 Å². The van der Waals surface area contributed by atoms with Crippen molar-refractivity contribution in [3.05, 3.63) is 35.9 Å². The Hall–Kier alpha value is -0.830. The Labute approximate surface area is 111 Å².